The Kier molecular flexibility index (Phi) is 9.94. The molecule has 1 N–H and O–H groups in total. The smallest absolute Gasteiger partial charge is 0.206 e. The van der Waals surface area contributed by atoms with Gasteiger partial charge in [0.1, 0.15) is 0 Å². The van der Waals surface area contributed by atoms with Gasteiger partial charge in [-0.05, 0) is 23.9 Å². The molecule has 13 heavy (non-hydrogen) atoms. The molecule has 0 aliphatic carbocycles. The van der Waals surface area contributed by atoms with E-state index in [0.29, 0.717) is 0 Å². The van der Waals surface area contributed by atoms with Crippen molar-refractivity contribution in [3.05, 3.63) is 30.3 Å². The van der Waals surface area contributed by atoms with Crippen LogP contribution in [0.25, 0.3) is 0 Å². The van der Waals surface area contributed by atoms with Crippen LogP contribution < -0.4 is 4.24 Å². The molecule has 1 aromatic carbocycles. The van der Waals surface area contributed by atoms with Gasteiger partial charge in [0, 0.05) is 59.1 Å². The SMILES string of the molecule is O=S(=O)(NCl)c1ccccc1.[Na].[Na]. The van der Waals surface area contributed by atoms with Crippen LogP contribution in [-0.2, 0) is 10.0 Å². The number of halogens is 1. The third-order valence-electron chi connectivity index (χ3n) is 1.16. The molecule has 0 aromatic heterocycles. The van der Waals surface area contributed by atoms with Gasteiger partial charge in [-0.1, -0.05) is 18.2 Å². The van der Waals surface area contributed by atoms with Crippen molar-refractivity contribution in [1.82, 2.24) is 4.24 Å². The summed E-state index contributed by atoms with van der Waals surface area (Å²) in [6, 6.07) is 7.91. The van der Waals surface area contributed by atoms with E-state index in [9.17, 15) is 8.42 Å². The third-order valence-corrected chi connectivity index (χ3v) is 2.86. The van der Waals surface area contributed by atoms with Gasteiger partial charge in [0.2, 0.25) is 0 Å². The number of nitrogens with one attached hydrogen (secondary N) is 1. The largest absolute Gasteiger partial charge is 0.253 e. The molecule has 1 aromatic rings. The summed E-state index contributed by atoms with van der Waals surface area (Å²) in [4.78, 5) is 0.162. The Morgan fingerprint density at radius 1 is 1.08 bits per heavy atom. The first-order valence-corrected chi connectivity index (χ1v) is 4.70. The second-order valence-corrected chi connectivity index (χ2v) is 3.99. The molecule has 2 radical (unpaired) electrons. The van der Waals surface area contributed by atoms with Gasteiger partial charge in [-0.2, -0.15) is 0 Å². The molecule has 0 amide bonds. The maximum Gasteiger partial charge on any atom is 0.253 e. The number of rotatable bonds is 2. The van der Waals surface area contributed by atoms with Crippen LogP contribution in [0.1, 0.15) is 0 Å². The van der Waals surface area contributed by atoms with E-state index in [1.54, 1.807) is 22.4 Å². The van der Waals surface area contributed by atoms with Crippen LogP contribution in [0.2, 0.25) is 0 Å². The monoisotopic (exact) mass is 237 g/mol. The summed E-state index contributed by atoms with van der Waals surface area (Å²) in [7, 11) is -3.48. The Labute approximate surface area is 127 Å². The molecule has 0 heterocycles. The minimum atomic E-state index is -3.48. The van der Waals surface area contributed by atoms with Crippen molar-refractivity contribution < 1.29 is 8.42 Å². The van der Waals surface area contributed by atoms with E-state index in [2.05, 4.69) is 0 Å². The first-order chi connectivity index (χ1) is 5.17. The molecule has 0 bridgehead atoms. The summed E-state index contributed by atoms with van der Waals surface area (Å²) in [6.07, 6.45) is 0. The number of sulfonamides is 1. The van der Waals surface area contributed by atoms with E-state index >= 15 is 0 Å². The third kappa shape index (κ3) is 5.16. The summed E-state index contributed by atoms with van der Waals surface area (Å²) in [6.45, 7) is 0. The van der Waals surface area contributed by atoms with E-state index < -0.39 is 10.0 Å². The van der Waals surface area contributed by atoms with E-state index in [-0.39, 0.29) is 64.0 Å². The fraction of sp³-hybridized carbons (Fsp3) is 0. The van der Waals surface area contributed by atoms with Crippen LogP contribution in [0.4, 0.5) is 0 Å². The summed E-state index contributed by atoms with van der Waals surface area (Å²) >= 11 is 4.99. The van der Waals surface area contributed by atoms with Crippen molar-refractivity contribution in [1.29, 1.82) is 0 Å². The average Bonchev–Trinajstić information content (AvgIpc) is 2.06. The van der Waals surface area contributed by atoms with E-state index in [1.165, 1.54) is 12.1 Å². The number of hydrogen-bond donors (Lipinski definition) is 1. The zero-order chi connectivity index (χ0) is 8.32. The molecule has 0 saturated carbocycles. The Morgan fingerprint density at radius 3 is 1.92 bits per heavy atom. The van der Waals surface area contributed by atoms with Gasteiger partial charge >= 0.3 is 0 Å². The van der Waals surface area contributed by atoms with Gasteiger partial charge in [-0.15, -0.1) is 4.24 Å². The van der Waals surface area contributed by atoms with Gasteiger partial charge in [-0.25, -0.2) is 8.42 Å². The summed E-state index contributed by atoms with van der Waals surface area (Å²) in [5, 5.41) is 0. The summed E-state index contributed by atoms with van der Waals surface area (Å²) in [5.41, 5.74) is 0. The molecule has 0 aliphatic rings. The van der Waals surface area contributed by atoms with Crippen molar-refractivity contribution in [3.8, 4) is 0 Å². The van der Waals surface area contributed by atoms with Crippen LogP contribution in [0, 0.1) is 0 Å². The molecule has 7 heteroatoms. The fourth-order valence-corrected chi connectivity index (χ4v) is 1.52. The summed E-state index contributed by atoms with van der Waals surface area (Å²) < 4.78 is 23.6. The van der Waals surface area contributed by atoms with E-state index in [4.69, 9.17) is 11.8 Å². The molecule has 0 spiro atoms. The van der Waals surface area contributed by atoms with Gasteiger partial charge in [0.15, 0.2) is 0 Å². The van der Waals surface area contributed by atoms with E-state index in [0.717, 1.165) is 0 Å². The van der Waals surface area contributed by atoms with Gasteiger partial charge in [0.25, 0.3) is 10.0 Å². The average molecular weight is 238 g/mol. The Hall–Kier alpha value is 1.42. The topological polar surface area (TPSA) is 46.2 Å². The standard InChI is InChI=1S/C6H6ClNO2S.2Na/c7-8-11(9,10)6-4-2-1-3-5-6;;/h1-5,8H;;. The van der Waals surface area contributed by atoms with Crippen LogP contribution in [0.5, 0.6) is 0 Å². The maximum absolute atomic E-state index is 11.0. The molecular weight excluding hydrogens is 232 g/mol. The fourth-order valence-electron chi connectivity index (χ4n) is 0.644. The van der Waals surface area contributed by atoms with Crippen LogP contribution in [-0.4, -0.2) is 67.5 Å². The molecule has 0 fully saturated rings. The molecule has 0 saturated heterocycles. The Morgan fingerprint density at radius 2 is 1.54 bits per heavy atom. The van der Waals surface area contributed by atoms with Gasteiger partial charge < -0.3 is 0 Å². The first kappa shape index (κ1) is 16.8. The van der Waals surface area contributed by atoms with Crippen LogP contribution in [0.15, 0.2) is 35.2 Å². The number of benzene rings is 1. The van der Waals surface area contributed by atoms with E-state index in [1.807, 2.05) is 0 Å². The van der Waals surface area contributed by atoms with Gasteiger partial charge in [0.05, 0.1) is 4.90 Å². The molecule has 1 rings (SSSR count). The quantitative estimate of drug-likeness (QED) is 0.596. The summed E-state index contributed by atoms with van der Waals surface area (Å²) in [5.74, 6) is 0. The molecule has 62 valence electrons. The van der Waals surface area contributed by atoms with Crippen molar-refractivity contribution in [3.63, 3.8) is 0 Å². The second-order valence-electron chi connectivity index (χ2n) is 1.89. The van der Waals surface area contributed by atoms with Crippen molar-refractivity contribution in [2.24, 2.45) is 0 Å². The zero-order valence-corrected chi connectivity index (χ0v) is 13.1. The molecular formula is C6H6ClNNa2O2S. The minimum Gasteiger partial charge on any atom is -0.206 e. The predicted octanol–water partition coefficient (Wildman–Crippen LogP) is 0.357. The minimum absolute atomic E-state index is 0. The molecule has 0 aliphatic heterocycles. The maximum atomic E-state index is 11.0. The number of hydrogen-bond acceptors (Lipinski definition) is 2. The Bertz CT molecular complexity index is 330. The van der Waals surface area contributed by atoms with Crippen LogP contribution >= 0.6 is 11.8 Å². The van der Waals surface area contributed by atoms with Crippen molar-refractivity contribution in [2.75, 3.05) is 0 Å². The Balaban J connectivity index is 0. The van der Waals surface area contributed by atoms with Crippen molar-refractivity contribution >= 4 is 80.9 Å². The molecule has 3 nitrogen and oxygen atoms in total. The first-order valence-electron chi connectivity index (χ1n) is 2.84. The predicted molar refractivity (Wildman–Crippen MR) is 54.1 cm³/mol. The van der Waals surface area contributed by atoms with Crippen molar-refractivity contribution in [2.45, 2.75) is 4.90 Å². The molecule has 0 atom stereocenters. The molecule has 0 unspecified atom stereocenters. The van der Waals surface area contributed by atoms with Crippen LogP contribution in [0.3, 0.4) is 0 Å². The normalized spacial score (nSPS) is 9.62. The van der Waals surface area contributed by atoms with Gasteiger partial charge in [-0.3, -0.25) is 0 Å². The second kappa shape index (κ2) is 7.68. The zero-order valence-electron chi connectivity index (χ0n) is 7.49.